The molecule has 0 amide bonds. The molecule has 1 aromatic rings. The van der Waals surface area contributed by atoms with Gasteiger partial charge in [-0.3, -0.25) is 5.32 Å². The second-order valence-corrected chi connectivity index (χ2v) is 4.63. The molecule has 1 rings (SSSR count). The van der Waals surface area contributed by atoms with Crippen LogP contribution >= 0.6 is 22.6 Å². The van der Waals surface area contributed by atoms with E-state index < -0.39 is 6.10 Å². The van der Waals surface area contributed by atoms with Gasteiger partial charge in [-0.2, -0.15) is 0 Å². The van der Waals surface area contributed by atoms with E-state index in [9.17, 15) is 5.11 Å². The number of ether oxygens (including phenoxy) is 1. The van der Waals surface area contributed by atoms with Gasteiger partial charge in [0.2, 0.25) is 0 Å². The van der Waals surface area contributed by atoms with Crippen molar-refractivity contribution in [3.63, 3.8) is 0 Å². The summed E-state index contributed by atoms with van der Waals surface area (Å²) in [7, 11) is 1.59. The smallest absolute Gasteiger partial charge is 0.102 e. The molecule has 84 valence electrons. The van der Waals surface area contributed by atoms with Crippen molar-refractivity contribution in [3.8, 4) is 0 Å². The second kappa shape index (κ2) is 7.16. The highest BCUT2D eigenvalue weighted by molar-refractivity contribution is 14.1. The number of hydrogen-bond donors (Lipinski definition) is 2. The number of methoxy groups -OCH3 is 1. The van der Waals surface area contributed by atoms with Crippen LogP contribution in [0, 0.1) is 0 Å². The van der Waals surface area contributed by atoms with E-state index in [2.05, 4.69) is 40.0 Å². The van der Waals surface area contributed by atoms with Crippen molar-refractivity contribution in [2.45, 2.75) is 16.7 Å². The third kappa shape index (κ3) is 4.92. The first-order valence-corrected chi connectivity index (χ1v) is 6.07. The van der Waals surface area contributed by atoms with Crippen LogP contribution in [-0.4, -0.2) is 29.0 Å². The van der Waals surface area contributed by atoms with Crippen molar-refractivity contribution >= 4 is 22.6 Å². The Labute approximate surface area is 104 Å². The van der Waals surface area contributed by atoms with Crippen molar-refractivity contribution in [2.75, 3.05) is 13.7 Å². The molecule has 2 atom stereocenters. The molecule has 0 aliphatic rings. The molecule has 0 aromatic heterocycles. The number of alkyl halides is 1. The molecule has 0 fully saturated rings. The highest BCUT2D eigenvalue weighted by Crippen LogP contribution is 2.06. The lowest BCUT2D eigenvalue weighted by Gasteiger charge is -2.17. The molecule has 0 aliphatic carbocycles. The number of benzene rings is 1. The van der Waals surface area contributed by atoms with Gasteiger partial charge in [-0.05, 0) is 5.56 Å². The summed E-state index contributed by atoms with van der Waals surface area (Å²) in [6.45, 7) is 1.12. The van der Waals surface area contributed by atoms with Crippen LogP contribution in [0.25, 0.3) is 0 Å². The van der Waals surface area contributed by atoms with Gasteiger partial charge in [-0.15, -0.1) is 0 Å². The highest BCUT2D eigenvalue weighted by atomic mass is 127. The Morgan fingerprint density at radius 3 is 2.67 bits per heavy atom. The summed E-state index contributed by atoms with van der Waals surface area (Å²) >= 11 is 2.18. The molecule has 1 aromatic carbocycles. The van der Waals surface area contributed by atoms with Crippen LogP contribution in [0.3, 0.4) is 0 Å². The fourth-order valence-corrected chi connectivity index (χ4v) is 1.63. The predicted molar refractivity (Wildman–Crippen MR) is 69.0 cm³/mol. The zero-order chi connectivity index (χ0) is 11.1. The van der Waals surface area contributed by atoms with Crippen LogP contribution in [0.4, 0.5) is 0 Å². The number of halogens is 1. The van der Waals surface area contributed by atoms with Crippen LogP contribution in [0.5, 0.6) is 0 Å². The van der Waals surface area contributed by atoms with Gasteiger partial charge in [0.25, 0.3) is 0 Å². The van der Waals surface area contributed by atoms with E-state index in [0.29, 0.717) is 6.61 Å². The first kappa shape index (κ1) is 12.9. The Morgan fingerprint density at radius 1 is 1.40 bits per heavy atom. The first-order valence-electron chi connectivity index (χ1n) is 4.82. The van der Waals surface area contributed by atoms with Crippen LogP contribution in [0.15, 0.2) is 30.3 Å². The molecule has 0 saturated carbocycles. The minimum absolute atomic E-state index is 0.00255. The summed E-state index contributed by atoms with van der Waals surface area (Å²) in [5.74, 6) is 0. The minimum atomic E-state index is -0.473. The molecule has 3 nitrogen and oxygen atoms in total. The summed E-state index contributed by atoms with van der Waals surface area (Å²) in [5.41, 5.74) is 1.21. The highest BCUT2D eigenvalue weighted by Gasteiger charge is 2.14. The summed E-state index contributed by atoms with van der Waals surface area (Å²) in [4.78, 5) is 0. The molecule has 0 aliphatic heterocycles. The maximum atomic E-state index is 9.60. The molecule has 0 heterocycles. The maximum absolute atomic E-state index is 9.60. The van der Waals surface area contributed by atoms with Crippen LogP contribution in [0.1, 0.15) is 5.56 Å². The summed E-state index contributed by atoms with van der Waals surface area (Å²) in [6.07, 6.45) is -0.473. The topological polar surface area (TPSA) is 41.5 Å². The van der Waals surface area contributed by atoms with Gasteiger partial charge < -0.3 is 9.84 Å². The number of aliphatic hydroxyl groups is 1. The fourth-order valence-electron chi connectivity index (χ4n) is 1.20. The monoisotopic (exact) mass is 321 g/mol. The molecule has 0 saturated heterocycles. The first-order chi connectivity index (χ1) is 7.24. The number of nitrogens with one attached hydrogen (secondary N) is 1. The van der Waals surface area contributed by atoms with Gasteiger partial charge in [0.1, 0.15) is 6.10 Å². The molecule has 0 radical (unpaired) electrons. The van der Waals surface area contributed by atoms with E-state index >= 15 is 0 Å². The van der Waals surface area contributed by atoms with Crippen molar-refractivity contribution in [1.82, 2.24) is 5.32 Å². The largest absolute Gasteiger partial charge is 0.388 e. The molecule has 2 N–H and O–H groups in total. The quantitative estimate of drug-likeness (QED) is 0.474. The minimum Gasteiger partial charge on any atom is -0.388 e. The number of aliphatic hydroxyl groups excluding tert-OH is 1. The van der Waals surface area contributed by atoms with Gasteiger partial charge in [0, 0.05) is 13.7 Å². The van der Waals surface area contributed by atoms with Gasteiger partial charge in [0.15, 0.2) is 0 Å². The van der Waals surface area contributed by atoms with Crippen molar-refractivity contribution in [1.29, 1.82) is 0 Å². The van der Waals surface area contributed by atoms with Crippen LogP contribution in [0.2, 0.25) is 0 Å². The number of rotatable bonds is 6. The Morgan fingerprint density at radius 2 is 2.07 bits per heavy atom. The third-order valence-electron chi connectivity index (χ3n) is 2.02. The number of hydrogen-bond acceptors (Lipinski definition) is 3. The molecular weight excluding hydrogens is 305 g/mol. The van der Waals surface area contributed by atoms with E-state index in [0.717, 1.165) is 6.54 Å². The molecular formula is C11H16INO2. The lowest BCUT2D eigenvalue weighted by molar-refractivity contribution is 0.0605. The van der Waals surface area contributed by atoms with Gasteiger partial charge >= 0.3 is 0 Å². The lowest BCUT2D eigenvalue weighted by Crippen LogP contribution is -2.37. The Balaban J connectivity index is 2.31. The maximum Gasteiger partial charge on any atom is 0.102 e. The molecule has 15 heavy (non-hydrogen) atoms. The third-order valence-corrected chi connectivity index (χ3v) is 3.29. The Hall–Kier alpha value is -0.170. The molecule has 0 spiro atoms. The predicted octanol–water partition coefficient (Wildman–Crippen LogP) is 1.54. The summed E-state index contributed by atoms with van der Waals surface area (Å²) in [6, 6.07) is 10.1. The summed E-state index contributed by atoms with van der Waals surface area (Å²) < 4.78 is 4.88. The van der Waals surface area contributed by atoms with E-state index in [1.165, 1.54) is 5.56 Å². The van der Waals surface area contributed by atoms with E-state index in [-0.39, 0.29) is 4.05 Å². The normalized spacial score (nSPS) is 14.9. The van der Waals surface area contributed by atoms with Crippen LogP contribution < -0.4 is 5.32 Å². The summed E-state index contributed by atoms with van der Waals surface area (Å²) in [5, 5.41) is 12.8. The molecule has 1 unspecified atom stereocenters. The average molecular weight is 321 g/mol. The fraction of sp³-hybridized carbons (Fsp3) is 0.455. The Kier molecular flexibility index (Phi) is 6.16. The van der Waals surface area contributed by atoms with Gasteiger partial charge in [-0.25, -0.2) is 0 Å². The van der Waals surface area contributed by atoms with E-state index in [4.69, 9.17) is 4.74 Å². The lowest BCUT2D eigenvalue weighted by atomic mass is 10.2. The zero-order valence-corrected chi connectivity index (χ0v) is 10.8. The molecule has 0 bridgehead atoms. The Bertz CT molecular complexity index is 269. The van der Waals surface area contributed by atoms with Crippen molar-refractivity contribution in [2.24, 2.45) is 0 Å². The van der Waals surface area contributed by atoms with Crippen molar-refractivity contribution in [3.05, 3.63) is 35.9 Å². The zero-order valence-electron chi connectivity index (χ0n) is 8.69. The van der Waals surface area contributed by atoms with Gasteiger partial charge in [0.05, 0.1) is 10.7 Å². The average Bonchev–Trinajstić information content (AvgIpc) is 2.27. The van der Waals surface area contributed by atoms with E-state index in [1.54, 1.807) is 7.11 Å². The molecule has 4 heteroatoms. The van der Waals surface area contributed by atoms with Crippen molar-refractivity contribution < 1.29 is 9.84 Å². The second-order valence-electron chi connectivity index (χ2n) is 3.29. The standard InChI is InChI=1S/C11H16INO2/c1-15-8-10(14)11(12)13-7-9-5-3-2-4-6-9/h2-6,10-11,13-14H,7-8H2,1H3/t10-,11?/m1/s1. The van der Waals surface area contributed by atoms with Crippen LogP contribution in [-0.2, 0) is 11.3 Å². The van der Waals surface area contributed by atoms with E-state index in [1.807, 2.05) is 18.2 Å². The van der Waals surface area contributed by atoms with Gasteiger partial charge in [-0.1, -0.05) is 52.9 Å². The SMILES string of the molecule is COC[C@@H](O)C(I)NCc1ccccc1.